The first kappa shape index (κ1) is 7.84. The van der Waals surface area contributed by atoms with Crippen LogP contribution in [0.15, 0.2) is 0 Å². The summed E-state index contributed by atoms with van der Waals surface area (Å²) >= 11 is 1.54. The Hall–Kier alpha value is 0.210. The number of rotatable bonds is 0. The first-order valence-corrected chi connectivity index (χ1v) is 5.15. The third-order valence-corrected chi connectivity index (χ3v) is 4.37. The van der Waals surface area contributed by atoms with Gasteiger partial charge < -0.3 is 0 Å². The smallest absolute Gasteiger partial charge is 0.112 e. The van der Waals surface area contributed by atoms with Crippen LogP contribution >= 0.6 is 11.8 Å². The van der Waals surface area contributed by atoms with Crippen molar-refractivity contribution in [2.24, 2.45) is 0 Å². The maximum absolute atomic E-state index is 13.0. The van der Waals surface area contributed by atoms with Crippen LogP contribution in [-0.4, -0.2) is 22.8 Å². The molecule has 4 atom stereocenters. The molecule has 0 aliphatic carbocycles. The first-order valence-electron chi connectivity index (χ1n) is 4.21. The van der Waals surface area contributed by atoms with Gasteiger partial charge in [0.05, 0.1) is 0 Å². The predicted molar refractivity (Wildman–Crippen MR) is 43.4 cm³/mol. The van der Waals surface area contributed by atoms with E-state index in [9.17, 15) is 8.78 Å². The predicted octanol–water partition coefficient (Wildman–Crippen LogP) is 2.72. The van der Waals surface area contributed by atoms with Gasteiger partial charge in [0.1, 0.15) is 12.3 Å². The van der Waals surface area contributed by atoms with Gasteiger partial charge in [0.2, 0.25) is 0 Å². The van der Waals surface area contributed by atoms with Gasteiger partial charge >= 0.3 is 0 Å². The summed E-state index contributed by atoms with van der Waals surface area (Å²) in [7, 11) is 0. The summed E-state index contributed by atoms with van der Waals surface area (Å²) in [5.74, 6) is 0. The van der Waals surface area contributed by atoms with Crippen LogP contribution in [0.3, 0.4) is 0 Å². The Morgan fingerprint density at radius 2 is 1.27 bits per heavy atom. The zero-order valence-corrected chi connectivity index (χ0v) is 7.12. The van der Waals surface area contributed by atoms with E-state index in [1.165, 1.54) is 11.8 Å². The van der Waals surface area contributed by atoms with Crippen LogP contribution in [0.25, 0.3) is 0 Å². The van der Waals surface area contributed by atoms with Crippen LogP contribution < -0.4 is 0 Å². The number of hydrogen-bond acceptors (Lipinski definition) is 1. The zero-order valence-electron chi connectivity index (χ0n) is 6.30. The lowest BCUT2D eigenvalue weighted by atomic mass is 9.96. The largest absolute Gasteiger partial charge is 0.246 e. The lowest BCUT2D eigenvalue weighted by Crippen LogP contribution is -2.38. The van der Waals surface area contributed by atoms with Crippen LogP contribution in [0.4, 0.5) is 8.78 Å². The summed E-state index contributed by atoms with van der Waals surface area (Å²) in [4.78, 5) is 0. The maximum Gasteiger partial charge on any atom is 0.112 e. The Bertz CT molecular complexity index is 135. The summed E-state index contributed by atoms with van der Waals surface area (Å²) in [6.45, 7) is 0. The van der Waals surface area contributed by atoms with Crippen molar-refractivity contribution < 1.29 is 8.78 Å². The summed E-state index contributed by atoms with van der Waals surface area (Å²) in [6, 6.07) is 0. The van der Waals surface area contributed by atoms with E-state index < -0.39 is 12.3 Å². The first-order chi connectivity index (χ1) is 5.27. The van der Waals surface area contributed by atoms with Crippen LogP contribution in [0, 0.1) is 0 Å². The van der Waals surface area contributed by atoms with Gasteiger partial charge in [-0.1, -0.05) is 0 Å². The second kappa shape index (κ2) is 2.92. The van der Waals surface area contributed by atoms with Crippen molar-refractivity contribution in [3.05, 3.63) is 0 Å². The molecule has 64 valence electrons. The van der Waals surface area contributed by atoms with Crippen molar-refractivity contribution in [1.82, 2.24) is 0 Å². The van der Waals surface area contributed by atoms with E-state index in [0.29, 0.717) is 12.8 Å². The molecule has 0 nitrogen and oxygen atoms in total. The van der Waals surface area contributed by atoms with E-state index in [2.05, 4.69) is 0 Å². The van der Waals surface area contributed by atoms with Gasteiger partial charge in [-0.25, -0.2) is 8.78 Å². The Kier molecular flexibility index (Phi) is 2.08. The Morgan fingerprint density at radius 3 is 1.73 bits per heavy atom. The number of fused-ring (bicyclic) bond motifs is 2. The lowest BCUT2D eigenvalue weighted by Gasteiger charge is -2.38. The Balaban J connectivity index is 2.02. The van der Waals surface area contributed by atoms with Gasteiger partial charge in [0, 0.05) is 10.5 Å². The van der Waals surface area contributed by atoms with Gasteiger partial charge in [-0.15, -0.1) is 11.8 Å². The highest BCUT2D eigenvalue weighted by Crippen LogP contribution is 2.43. The van der Waals surface area contributed by atoms with Crippen molar-refractivity contribution in [3.63, 3.8) is 0 Å². The van der Waals surface area contributed by atoms with Crippen molar-refractivity contribution in [2.75, 3.05) is 0 Å². The average molecular weight is 178 g/mol. The molecule has 0 radical (unpaired) electrons. The average Bonchev–Trinajstić information content (AvgIpc) is 2.02. The number of thioether (sulfide) groups is 1. The molecule has 2 bridgehead atoms. The highest BCUT2D eigenvalue weighted by Gasteiger charge is 2.39. The van der Waals surface area contributed by atoms with Crippen LogP contribution in [0.2, 0.25) is 0 Å². The van der Waals surface area contributed by atoms with Crippen LogP contribution in [0.5, 0.6) is 0 Å². The van der Waals surface area contributed by atoms with Crippen molar-refractivity contribution >= 4 is 11.8 Å². The van der Waals surface area contributed by atoms with E-state index in [0.717, 1.165) is 12.8 Å². The van der Waals surface area contributed by atoms with E-state index in [-0.39, 0.29) is 10.5 Å². The third kappa shape index (κ3) is 1.40. The molecule has 0 N–H and O–H groups in total. The molecule has 2 heterocycles. The fourth-order valence-corrected chi connectivity index (χ4v) is 3.52. The van der Waals surface area contributed by atoms with E-state index in [4.69, 9.17) is 0 Å². The van der Waals surface area contributed by atoms with Crippen molar-refractivity contribution in [1.29, 1.82) is 0 Å². The number of hydrogen-bond donors (Lipinski definition) is 0. The van der Waals surface area contributed by atoms with Gasteiger partial charge in [0.25, 0.3) is 0 Å². The lowest BCUT2D eigenvalue weighted by molar-refractivity contribution is 0.205. The molecule has 2 aliphatic heterocycles. The molecule has 2 rings (SSSR count). The van der Waals surface area contributed by atoms with E-state index in [1.807, 2.05) is 0 Å². The normalized spacial score (nSPS) is 50.7. The summed E-state index contributed by atoms with van der Waals surface area (Å²) in [5, 5.41) is 0.224. The SMILES string of the molecule is FC1CCC2SC1CCC2F. The maximum atomic E-state index is 13.0. The zero-order chi connectivity index (χ0) is 7.84. The quantitative estimate of drug-likeness (QED) is 0.549. The second-order valence-corrected chi connectivity index (χ2v) is 4.88. The Morgan fingerprint density at radius 1 is 0.818 bits per heavy atom. The minimum Gasteiger partial charge on any atom is -0.246 e. The molecule has 2 fully saturated rings. The molecule has 0 saturated carbocycles. The highest BCUT2D eigenvalue weighted by molar-refractivity contribution is 8.00. The molecule has 4 unspecified atom stereocenters. The molecule has 2 aliphatic rings. The highest BCUT2D eigenvalue weighted by atomic mass is 32.2. The van der Waals surface area contributed by atoms with E-state index in [1.54, 1.807) is 0 Å². The Labute approximate surface area is 69.7 Å². The molecule has 0 aromatic heterocycles. The minimum atomic E-state index is -0.663. The molecular formula is C8H12F2S. The summed E-state index contributed by atoms with van der Waals surface area (Å²) in [6.07, 6.45) is 1.32. The fraction of sp³-hybridized carbons (Fsp3) is 1.00. The molecule has 0 aromatic rings. The van der Waals surface area contributed by atoms with Gasteiger partial charge in [-0.05, 0) is 25.7 Å². The van der Waals surface area contributed by atoms with Crippen LogP contribution in [0.1, 0.15) is 25.7 Å². The van der Waals surface area contributed by atoms with Gasteiger partial charge in [-0.2, -0.15) is 0 Å². The topological polar surface area (TPSA) is 0 Å². The van der Waals surface area contributed by atoms with Crippen molar-refractivity contribution in [3.8, 4) is 0 Å². The standard InChI is InChI=1S/C8H12F2S/c9-5-1-3-7-6(10)2-4-8(5)11-7/h5-8H,1-4H2. The number of halogens is 2. The third-order valence-electron chi connectivity index (χ3n) is 2.61. The molecule has 2 saturated heterocycles. The monoisotopic (exact) mass is 178 g/mol. The van der Waals surface area contributed by atoms with Crippen molar-refractivity contribution in [2.45, 2.75) is 48.5 Å². The molecular weight excluding hydrogens is 166 g/mol. The molecule has 0 aromatic carbocycles. The number of alkyl halides is 2. The molecule has 0 amide bonds. The molecule has 11 heavy (non-hydrogen) atoms. The second-order valence-electron chi connectivity index (χ2n) is 3.40. The summed E-state index contributed by atoms with van der Waals surface area (Å²) < 4.78 is 26.1. The summed E-state index contributed by atoms with van der Waals surface area (Å²) in [5.41, 5.74) is 0. The molecule has 0 spiro atoms. The van der Waals surface area contributed by atoms with Gasteiger partial charge in [-0.3, -0.25) is 0 Å². The fourth-order valence-electron chi connectivity index (χ4n) is 1.91. The van der Waals surface area contributed by atoms with Gasteiger partial charge in [0.15, 0.2) is 0 Å². The van der Waals surface area contributed by atoms with Crippen LogP contribution in [-0.2, 0) is 0 Å². The minimum absolute atomic E-state index is 0.112. The molecule has 3 heteroatoms. The van der Waals surface area contributed by atoms with E-state index >= 15 is 0 Å².